The van der Waals surface area contributed by atoms with Gasteiger partial charge < -0.3 is 0 Å². The van der Waals surface area contributed by atoms with Crippen LogP contribution in [0.15, 0.2) is 47.6 Å². The highest BCUT2D eigenvalue weighted by Gasteiger charge is 2.39. The average molecular weight is 289 g/mol. The van der Waals surface area contributed by atoms with Crippen LogP contribution in [0.3, 0.4) is 0 Å². The molecule has 3 rings (SSSR count). The molecular weight excluding hydrogens is 274 g/mol. The van der Waals surface area contributed by atoms with Crippen molar-refractivity contribution >= 4 is 16.0 Å². The molecule has 0 unspecified atom stereocenters. The molecular formula is C14H15N3O2S. The highest BCUT2D eigenvalue weighted by molar-refractivity contribution is 7.92. The van der Waals surface area contributed by atoms with Gasteiger partial charge in [0.1, 0.15) is 0 Å². The van der Waals surface area contributed by atoms with Crippen LogP contribution in [0.25, 0.3) is 0 Å². The zero-order valence-electron chi connectivity index (χ0n) is 11.1. The largest absolute Gasteiger partial charge is 0.266 e. The van der Waals surface area contributed by atoms with Crippen molar-refractivity contribution in [3.8, 4) is 0 Å². The summed E-state index contributed by atoms with van der Waals surface area (Å²) < 4.78 is 26.9. The normalized spacial score (nSPS) is 15.1. The molecule has 1 aliphatic carbocycles. The maximum absolute atomic E-state index is 12.8. The first kappa shape index (κ1) is 13.1. The van der Waals surface area contributed by atoms with Crippen LogP contribution in [0.4, 0.5) is 5.95 Å². The SMILES string of the molecule is Cc1ccc(S(=O)(=O)N(c2ncccn2)C2CC2)cc1. The minimum atomic E-state index is -3.60. The quantitative estimate of drug-likeness (QED) is 0.865. The van der Waals surface area contributed by atoms with E-state index in [1.165, 1.54) is 4.31 Å². The molecule has 0 amide bonds. The Kier molecular flexibility index (Phi) is 3.17. The molecule has 1 fully saturated rings. The molecule has 1 aliphatic rings. The molecule has 1 heterocycles. The van der Waals surface area contributed by atoms with Gasteiger partial charge in [-0.25, -0.2) is 22.7 Å². The lowest BCUT2D eigenvalue weighted by Crippen LogP contribution is -2.34. The second-order valence-corrected chi connectivity index (χ2v) is 6.71. The number of aryl methyl sites for hydroxylation is 1. The molecule has 6 heteroatoms. The van der Waals surface area contributed by atoms with Crippen molar-refractivity contribution in [3.63, 3.8) is 0 Å². The highest BCUT2D eigenvalue weighted by atomic mass is 32.2. The number of sulfonamides is 1. The van der Waals surface area contributed by atoms with E-state index in [-0.39, 0.29) is 16.9 Å². The zero-order valence-corrected chi connectivity index (χ0v) is 11.9. The number of nitrogens with zero attached hydrogens (tertiary/aromatic N) is 3. The lowest BCUT2D eigenvalue weighted by atomic mass is 10.2. The van der Waals surface area contributed by atoms with E-state index in [4.69, 9.17) is 0 Å². The number of anilines is 1. The van der Waals surface area contributed by atoms with E-state index in [0.717, 1.165) is 18.4 Å². The molecule has 2 aromatic rings. The number of hydrogen-bond donors (Lipinski definition) is 0. The lowest BCUT2D eigenvalue weighted by Gasteiger charge is -2.21. The summed E-state index contributed by atoms with van der Waals surface area (Å²) in [6, 6.07) is 8.50. The van der Waals surface area contributed by atoms with E-state index < -0.39 is 10.0 Å². The van der Waals surface area contributed by atoms with Gasteiger partial charge in [0.15, 0.2) is 0 Å². The van der Waals surface area contributed by atoms with Gasteiger partial charge in [-0.1, -0.05) is 17.7 Å². The van der Waals surface area contributed by atoms with Crippen LogP contribution in [0, 0.1) is 6.92 Å². The first-order valence-corrected chi connectivity index (χ1v) is 7.91. The second-order valence-electron chi connectivity index (χ2n) is 4.89. The third-order valence-corrected chi connectivity index (χ3v) is 5.05. The number of benzene rings is 1. The van der Waals surface area contributed by atoms with Crippen LogP contribution in [-0.2, 0) is 10.0 Å². The summed E-state index contributed by atoms with van der Waals surface area (Å²) in [5, 5.41) is 0. The minimum Gasteiger partial charge on any atom is -0.231 e. The monoisotopic (exact) mass is 289 g/mol. The summed E-state index contributed by atoms with van der Waals surface area (Å²) in [7, 11) is -3.60. The molecule has 0 radical (unpaired) electrons. The maximum atomic E-state index is 12.8. The van der Waals surface area contributed by atoms with E-state index >= 15 is 0 Å². The Morgan fingerprint density at radius 3 is 2.25 bits per heavy atom. The van der Waals surface area contributed by atoms with Crippen LogP contribution in [-0.4, -0.2) is 24.4 Å². The molecule has 20 heavy (non-hydrogen) atoms. The standard InChI is InChI=1S/C14H15N3O2S/c1-11-3-7-13(8-4-11)20(18,19)17(12-5-6-12)14-15-9-2-10-16-14/h2-4,7-10,12H,5-6H2,1H3. The molecule has 0 aliphatic heterocycles. The fourth-order valence-corrected chi connectivity index (χ4v) is 3.62. The van der Waals surface area contributed by atoms with Gasteiger partial charge in [0.2, 0.25) is 5.95 Å². The highest BCUT2D eigenvalue weighted by Crippen LogP contribution is 2.34. The van der Waals surface area contributed by atoms with Crippen LogP contribution in [0.5, 0.6) is 0 Å². The minimum absolute atomic E-state index is 0.0243. The second kappa shape index (κ2) is 4.86. The van der Waals surface area contributed by atoms with Crippen molar-refractivity contribution in [3.05, 3.63) is 48.3 Å². The summed E-state index contributed by atoms with van der Waals surface area (Å²) >= 11 is 0. The summed E-state index contributed by atoms with van der Waals surface area (Å²) in [4.78, 5) is 8.45. The molecule has 1 aromatic heterocycles. The van der Waals surface area contributed by atoms with E-state index in [1.54, 1.807) is 42.7 Å². The van der Waals surface area contributed by atoms with Crippen molar-refractivity contribution in [2.45, 2.75) is 30.7 Å². The predicted molar refractivity (Wildman–Crippen MR) is 75.9 cm³/mol. The summed E-state index contributed by atoms with van der Waals surface area (Å²) in [5.74, 6) is 0.246. The molecule has 1 aromatic carbocycles. The molecule has 5 nitrogen and oxygen atoms in total. The Balaban J connectivity index is 2.05. The van der Waals surface area contributed by atoms with E-state index in [9.17, 15) is 8.42 Å². The van der Waals surface area contributed by atoms with Gasteiger partial charge in [-0.2, -0.15) is 0 Å². The summed E-state index contributed by atoms with van der Waals surface area (Å²) in [6.07, 6.45) is 4.82. The third kappa shape index (κ3) is 2.38. The lowest BCUT2D eigenvalue weighted by molar-refractivity contribution is 0.589. The van der Waals surface area contributed by atoms with Crippen molar-refractivity contribution in [1.29, 1.82) is 0 Å². The van der Waals surface area contributed by atoms with Gasteiger partial charge in [-0.05, 0) is 38.0 Å². The number of hydrogen-bond acceptors (Lipinski definition) is 4. The van der Waals surface area contributed by atoms with Crippen molar-refractivity contribution in [1.82, 2.24) is 9.97 Å². The van der Waals surface area contributed by atoms with Crippen molar-refractivity contribution < 1.29 is 8.42 Å². The zero-order chi connectivity index (χ0) is 14.2. The van der Waals surface area contributed by atoms with Crippen LogP contribution >= 0.6 is 0 Å². The van der Waals surface area contributed by atoms with E-state index in [2.05, 4.69) is 9.97 Å². The van der Waals surface area contributed by atoms with Crippen LogP contribution < -0.4 is 4.31 Å². The van der Waals surface area contributed by atoms with Gasteiger partial charge in [-0.15, -0.1) is 0 Å². The average Bonchev–Trinajstić information content (AvgIpc) is 3.25. The van der Waals surface area contributed by atoms with Gasteiger partial charge in [0, 0.05) is 18.4 Å². The molecule has 0 bridgehead atoms. The van der Waals surface area contributed by atoms with Crippen LogP contribution in [0.2, 0.25) is 0 Å². The Morgan fingerprint density at radius 2 is 1.70 bits per heavy atom. The van der Waals surface area contributed by atoms with E-state index in [1.807, 2.05) is 6.92 Å². The van der Waals surface area contributed by atoms with Crippen LogP contribution in [0.1, 0.15) is 18.4 Å². The molecule has 0 saturated heterocycles. The Bertz CT molecular complexity index is 695. The predicted octanol–water partition coefficient (Wildman–Crippen LogP) is 2.14. The van der Waals surface area contributed by atoms with Gasteiger partial charge in [0.25, 0.3) is 10.0 Å². The molecule has 1 saturated carbocycles. The topological polar surface area (TPSA) is 63.2 Å². The summed E-state index contributed by atoms with van der Waals surface area (Å²) in [6.45, 7) is 1.93. The Morgan fingerprint density at radius 1 is 1.10 bits per heavy atom. The third-order valence-electron chi connectivity index (χ3n) is 3.21. The molecule has 0 N–H and O–H groups in total. The van der Waals surface area contributed by atoms with Crippen molar-refractivity contribution in [2.75, 3.05) is 4.31 Å². The first-order chi connectivity index (χ1) is 9.59. The first-order valence-electron chi connectivity index (χ1n) is 6.47. The van der Waals surface area contributed by atoms with Gasteiger partial charge in [-0.3, -0.25) is 0 Å². The summed E-state index contributed by atoms with van der Waals surface area (Å²) in [5.41, 5.74) is 1.03. The van der Waals surface area contributed by atoms with E-state index in [0.29, 0.717) is 0 Å². The van der Waals surface area contributed by atoms with Gasteiger partial charge in [0.05, 0.1) is 4.90 Å². The molecule has 0 atom stereocenters. The Labute approximate surface area is 118 Å². The number of aromatic nitrogens is 2. The fraction of sp³-hybridized carbons (Fsp3) is 0.286. The molecule has 104 valence electrons. The smallest absolute Gasteiger partial charge is 0.231 e. The maximum Gasteiger partial charge on any atom is 0.266 e. The fourth-order valence-electron chi connectivity index (χ4n) is 2.00. The number of rotatable bonds is 4. The molecule has 0 spiro atoms. The Hall–Kier alpha value is -1.95. The van der Waals surface area contributed by atoms with Gasteiger partial charge >= 0.3 is 0 Å². The van der Waals surface area contributed by atoms with Crippen molar-refractivity contribution in [2.24, 2.45) is 0 Å².